The molecule has 0 bridgehead atoms. The van der Waals surface area contributed by atoms with Gasteiger partial charge in [0.15, 0.2) is 0 Å². The van der Waals surface area contributed by atoms with E-state index in [0.717, 1.165) is 11.3 Å². The van der Waals surface area contributed by atoms with Gasteiger partial charge in [-0.2, -0.15) is 0 Å². The number of aromatic nitrogens is 2. The minimum Gasteiger partial charge on any atom is -0.450 e. The molecule has 1 aliphatic heterocycles. The summed E-state index contributed by atoms with van der Waals surface area (Å²) >= 11 is 0. The summed E-state index contributed by atoms with van der Waals surface area (Å²) in [5, 5.41) is 2.88. The fourth-order valence-corrected chi connectivity index (χ4v) is 2.95. The maximum Gasteiger partial charge on any atom is 0.409 e. The van der Waals surface area contributed by atoms with Crippen LogP contribution in [0.15, 0.2) is 30.5 Å². The number of ether oxygens (including phenoxy) is 1. The van der Waals surface area contributed by atoms with Crippen molar-refractivity contribution < 1.29 is 14.3 Å². The lowest BCUT2D eigenvalue weighted by Gasteiger charge is -2.34. The molecule has 1 aromatic heterocycles. The quantitative estimate of drug-likeness (QED) is 0.873. The Bertz CT molecular complexity index is 863. The van der Waals surface area contributed by atoms with Crippen molar-refractivity contribution in [1.29, 1.82) is 0 Å². The molecule has 3 rings (SSSR count). The van der Waals surface area contributed by atoms with Gasteiger partial charge in [-0.05, 0) is 50.1 Å². The van der Waals surface area contributed by atoms with E-state index in [1.165, 1.54) is 5.56 Å². The Morgan fingerprint density at radius 3 is 2.54 bits per heavy atom. The van der Waals surface area contributed by atoms with Gasteiger partial charge in [0.1, 0.15) is 5.69 Å². The van der Waals surface area contributed by atoms with E-state index in [9.17, 15) is 9.59 Å². The molecule has 8 heteroatoms. The predicted molar refractivity (Wildman–Crippen MR) is 107 cm³/mol. The van der Waals surface area contributed by atoms with E-state index < -0.39 is 0 Å². The van der Waals surface area contributed by atoms with Gasteiger partial charge in [0.05, 0.1) is 6.61 Å². The van der Waals surface area contributed by atoms with E-state index in [1.807, 2.05) is 36.9 Å². The van der Waals surface area contributed by atoms with Crippen LogP contribution in [0.25, 0.3) is 0 Å². The first-order valence-corrected chi connectivity index (χ1v) is 9.36. The van der Waals surface area contributed by atoms with Crippen molar-refractivity contribution in [3.63, 3.8) is 0 Å². The third-order valence-corrected chi connectivity index (χ3v) is 4.73. The molecular formula is C20H25N5O3. The number of rotatable bonds is 4. The first-order chi connectivity index (χ1) is 13.5. The molecule has 1 aliphatic rings. The minimum atomic E-state index is -0.301. The molecule has 1 fully saturated rings. The predicted octanol–water partition coefficient (Wildman–Crippen LogP) is 2.62. The second kappa shape index (κ2) is 8.69. The summed E-state index contributed by atoms with van der Waals surface area (Å²) in [4.78, 5) is 36.7. The summed E-state index contributed by atoms with van der Waals surface area (Å²) in [5.74, 6) is 0.202. The average Bonchev–Trinajstić information content (AvgIpc) is 2.71. The van der Waals surface area contributed by atoms with Crippen LogP contribution in [-0.4, -0.2) is 59.7 Å². The number of amides is 2. The Hall–Kier alpha value is -3.16. The molecule has 0 atom stereocenters. The van der Waals surface area contributed by atoms with Crippen molar-refractivity contribution in [2.75, 3.05) is 43.0 Å². The molecule has 2 heterocycles. The number of piperazine rings is 1. The van der Waals surface area contributed by atoms with Gasteiger partial charge in [-0.25, -0.2) is 14.8 Å². The van der Waals surface area contributed by atoms with Crippen LogP contribution in [0.4, 0.5) is 16.4 Å². The monoisotopic (exact) mass is 383 g/mol. The Morgan fingerprint density at radius 2 is 1.86 bits per heavy atom. The van der Waals surface area contributed by atoms with Crippen molar-refractivity contribution >= 4 is 23.6 Å². The number of anilines is 2. The summed E-state index contributed by atoms with van der Waals surface area (Å²) in [7, 11) is 0. The van der Waals surface area contributed by atoms with Crippen LogP contribution in [0.1, 0.15) is 28.5 Å². The standard InChI is InChI=1S/C20H25N5O3/c1-4-28-20(27)25-11-9-24(10-12-25)19-21-8-7-17(23-19)18(26)22-16-6-5-14(2)15(3)13-16/h5-8,13H,4,9-12H2,1-3H3,(H,22,26). The van der Waals surface area contributed by atoms with Crippen molar-refractivity contribution in [3.8, 4) is 0 Å². The first-order valence-electron chi connectivity index (χ1n) is 9.36. The first kappa shape index (κ1) is 19.6. The summed E-state index contributed by atoms with van der Waals surface area (Å²) in [6.45, 7) is 8.41. The van der Waals surface area contributed by atoms with E-state index in [2.05, 4.69) is 15.3 Å². The van der Waals surface area contributed by atoms with Crippen LogP contribution in [0.3, 0.4) is 0 Å². The van der Waals surface area contributed by atoms with E-state index >= 15 is 0 Å². The van der Waals surface area contributed by atoms with Crippen molar-refractivity contribution in [2.45, 2.75) is 20.8 Å². The smallest absolute Gasteiger partial charge is 0.409 e. The number of aryl methyl sites for hydroxylation is 2. The Labute approximate surface area is 164 Å². The van der Waals surface area contributed by atoms with E-state index in [4.69, 9.17) is 4.74 Å². The number of nitrogens with one attached hydrogen (secondary N) is 1. The van der Waals surface area contributed by atoms with Gasteiger partial charge >= 0.3 is 6.09 Å². The lowest BCUT2D eigenvalue weighted by molar-refractivity contribution is 0.102. The molecule has 0 saturated carbocycles. The van der Waals surface area contributed by atoms with Crippen LogP contribution < -0.4 is 10.2 Å². The molecule has 0 unspecified atom stereocenters. The molecule has 1 saturated heterocycles. The van der Waals surface area contributed by atoms with Crippen molar-refractivity contribution in [3.05, 3.63) is 47.3 Å². The summed E-state index contributed by atoms with van der Waals surface area (Å²) in [6.07, 6.45) is 1.28. The zero-order chi connectivity index (χ0) is 20.1. The van der Waals surface area contributed by atoms with E-state index in [1.54, 1.807) is 24.1 Å². The highest BCUT2D eigenvalue weighted by atomic mass is 16.6. The third kappa shape index (κ3) is 4.57. The van der Waals surface area contributed by atoms with Gasteiger partial charge in [-0.15, -0.1) is 0 Å². The molecular weight excluding hydrogens is 358 g/mol. The number of carbonyl (C=O) groups is 2. The van der Waals surface area contributed by atoms with Crippen LogP contribution in [0.5, 0.6) is 0 Å². The second-order valence-corrected chi connectivity index (χ2v) is 6.67. The van der Waals surface area contributed by atoms with Crippen LogP contribution in [0, 0.1) is 13.8 Å². The SMILES string of the molecule is CCOC(=O)N1CCN(c2nccc(C(=O)Nc3ccc(C)c(C)c3)n2)CC1. The number of carbonyl (C=O) groups excluding carboxylic acids is 2. The highest BCUT2D eigenvalue weighted by molar-refractivity contribution is 6.03. The fraction of sp³-hybridized carbons (Fsp3) is 0.400. The maximum atomic E-state index is 12.6. The van der Waals surface area contributed by atoms with Gasteiger partial charge in [0.2, 0.25) is 5.95 Å². The second-order valence-electron chi connectivity index (χ2n) is 6.67. The zero-order valence-corrected chi connectivity index (χ0v) is 16.4. The largest absolute Gasteiger partial charge is 0.450 e. The number of benzene rings is 1. The number of hydrogen-bond acceptors (Lipinski definition) is 6. The molecule has 0 spiro atoms. The highest BCUT2D eigenvalue weighted by Gasteiger charge is 2.24. The molecule has 1 aromatic carbocycles. The van der Waals surface area contributed by atoms with Crippen LogP contribution in [0.2, 0.25) is 0 Å². The zero-order valence-electron chi connectivity index (χ0n) is 16.4. The summed E-state index contributed by atoms with van der Waals surface area (Å²) in [6, 6.07) is 7.37. The lowest BCUT2D eigenvalue weighted by Crippen LogP contribution is -2.49. The van der Waals surface area contributed by atoms with Crippen molar-refractivity contribution in [1.82, 2.24) is 14.9 Å². The molecule has 28 heavy (non-hydrogen) atoms. The number of nitrogens with zero attached hydrogens (tertiary/aromatic N) is 4. The summed E-state index contributed by atoms with van der Waals surface area (Å²) in [5.41, 5.74) is 3.32. The summed E-state index contributed by atoms with van der Waals surface area (Å²) < 4.78 is 5.03. The van der Waals surface area contributed by atoms with Gasteiger partial charge in [-0.1, -0.05) is 6.07 Å². The minimum absolute atomic E-state index is 0.280. The molecule has 2 amide bonds. The van der Waals surface area contributed by atoms with Crippen molar-refractivity contribution in [2.24, 2.45) is 0 Å². The average molecular weight is 383 g/mol. The van der Waals surface area contributed by atoms with Gasteiger partial charge < -0.3 is 19.9 Å². The fourth-order valence-electron chi connectivity index (χ4n) is 2.95. The van der Waals surface area contributed by atoms with Gasteiger partial charge in [0.25, 0.3) is 5.91 Å². The molecule has 148 valence electrons. The molecule has 0 aliphatic carbocycles. The van der Waals surface area contributed by atoms with Gasteiger partial charge in [0, 0.05) is 38.1 Å². The van der Waals surface area contributed by atoms with E-state index in [-0.39, 0.29) is 12.0 Å². The Balaban J connectivity index is 1.64. The lowest BCUT2D eigenvalue weighted by atomic mass is 10.1. The molecule has 2 aromatic rings. The third-order valence-electron chi connectivity index (χ3n) is 4.73. The highest BCUT2D eigenvalue weighted by Crippen LogP contribution is 2.16. The van der Waals surface area contributed by atoms with E-state index in [0.29, 0.717) is 44.4 Å². The van der Waals surface area contributed by atoms with Crippen LogP contribution >= 0.6 is 0 Å². The molecule has 1 N–H and O–H groups in total. The topological polar surface area (TPSA) is 87.7 Å². The number of hydrogen-bond donors (Lipinski definition) is 1. The van der Waals surface area contributed by atoms with Crippen LogP contribution in [-0.2, 0) is 4.74 Å². The molecule has 0 radical (unpaired) electrons. The maximum absolute atomic E-state index is 12.6. The molecule has 8 nitrogen and oxygen atoms in total. The normalized spacial score (nSPS) is 14.0. The van der Waals surface area contributed by atoms with Gasteiger partial charge in [-0.3, -0.25) is 4.79 Å². The Morgan fingerprint density at radius 1 is 1.11 bits per heavy atom. The Kier molecular flexibility index (Phi) is 6.08.